The minimum absolute atomic E-state index is 0.191. The molecule has 78 valence electrons. The lowest BCUT2D eigenvalue weighted by atomic mass is 10.1. The molecule has 2 atom stereocenters. The summed E-state index contributed by atoms with van der Waals surface area (Å²) in [5.41, 5.74) is 7.98. The molecule has 1 aliphatic heterocycles. The number of hydrogen-bond donors (Lipinski definition) is 1. The Balaban J connectivity index is 2.17. The van der Waals surface area contributed by atoms with Gasteiger partial charge in [-0.15, -0.1) is 0 Å². The summed E-state index contributed by atoms with van der Waals surface area (Å²) in [6.45, 7) is 2.69. The zero-order valence-electron chi connectivity index (χ0n) is 8.73. The number of ether oxygens (including phenoxy) is 1. The lowest BCUT2D eigenvalue weighted by Gasteiger charge is -2.13. The van der Waals surface area contributed by atoms with Crippen LogP contribution in [0.25, 0.3) is 0 Å². The highest BCUT2D eigenvalue weighted by Gasteiger charge is 2.28. The number of nitrogens with two attached hydrogens (primary N) is 1. The van der Waals surface area contributed by atoms with Gasteiger partial charge in [0.25, 0.3) is 0 Å². The Bertz CT molecular complexity index is 302. The van der Waals surface area contributed by atoms with E-state index in [0.717, 1.165) is 12.8 Å². The van der Waals surface area contributed by atoms with E-state index in [1.165, 1.54) is 11.3 Å². The normalized spacial score (nSPS) is 27.1. The number of nitrogens with zero attached hydrogens (tertiary/aromatic N) is 2. The van der Waals surface area contributed by atoms with Gasteiger partial charge in [0.1, 0.15) is 0 Å². The first-order valence-electron chi connectivity index (χ1n) is 5.06. The van der Waals surface area contributed by atoms with Crippen molar-refractivity contribution in [2.75, 3.05) is 6.54 Å². The van der Waals surface area contributed by atoms with Crippen molar-refractivity contribution in [2.24, 2.45) is 12.8 Å². The highest BCUT2D eigenvalue weighted by atomic mass is 16.5. The second-order valence-electron chi connectivity index (χ2n) is 3.90. The standard InChI is InChI=1S/C10H17N3O/c1-7-6-12-13(2)10(7)9-4-3-8(5-11)14-9/h6,8-9H,3-5,11H2,1-2H3. The molecule has 2 N–H and O–H groups in total. The first-order valence-corrected chi connectivity index (χ1v) is 5.06. The molecule has 0 saturated carbocycles. The molecule has 14 heavy (non-hydrogen) atoms. The third kappa shape index (κ3) is 1.55. The molecule has 4 nitrogen and oxygen atoms in total. The Morgan fingerprint density at radius 3 is 2.93 bits per heavy atom. The summed E-state index contributed by atoms with van der Waals surface area (Å²) in [7, 11) is 1.96. The lowest BCUT2D eigenvalue weighted by molar-refractivity contribution is 0.0449. The van der Waals surface area contributed by atoms with E-state index in [-0.39, 0.29) is 12.2 Å². The van der Waals surface area contributed by atoms with Crippen molar-refractivity contribution in [3.05, 3.63) is 17.5 Å². The number of aromatic nitrogens is 2. The topological polar surface area (TPSA) is 53.1 Å². The largest absolute Gasteiger partial charge is 0.367 e. The van der Waals surface area contributed by atoms with Gasteiger partial charge in [0.2, 0.25) is 0 Å². The van der Waals surface area contributed by atoms with Crippen LogP contribution in [0.4, 0.5) is 0 Å². The molecular weight excluding hydrogens is 178 g/mol. The predicted molar refractivity (Wildman–Crippen MR) is 53.8 cm³/mol. The van der Waals surface area contributed by atoms with Crippen LogP contribution in [-0.4, -0.2) is 22.4 Å². The fourth-order valence-corrected chi connectivity index (χ4v) is 2.10. The molecular formula is C10H17N3O. The summed E-state index contributed by atoms with van der Waals surface area (Å²) in [5, 5.41) is 4.22. The van der Waals surface area contributed by atoms with Gasteiger partial charge >= 0.3 is 0 Å². The molecule has 0 spiro atoms. The third-order valence-corrected chi connectivity index (χ3v) is 2.85. The molecule has 4 heteroatoms. The Morgan fingerprint density at radius 1 is 1.64 bits per heavy atom. The Labute approximate surface area is 84.0 Å². The van der Waals surface area contributed by atoms with Crippen LogP contribution < -0.4 is 5.73 Å². The van der Waals surface area contributed by atoms with Crippen LogP contribution in [0.1, 0.15) is 30.2 Å². The van der Waals surface area contributed by atoms with Gasteiger partial charge in [0.05, 0.1) is 24.1 Å². The third-order valence-electron chi connectivity index (χ3n) is 2.85. The van der Waals surface area contributed by atoms with E-state index in [2.05, 4.69) is 12.0 Å². The van der Waals surface area contributed by atoms with Gasteiger partial charge in [-0.05, 0) is 25.3 Å². The van der Waals surface area contributed by atoms with Gasteiger partial charge in [-0.2, -0.15) is 5.10 Å². The summed E-state index contributed by atoms with van der Waals surface area (Å²) in [5.74, 6) is 0. The smallest absolute Gasteiger partial charge is 0.0999 e. The molecule has 0 amide bonds. The monoisotopic (exact) mass is 195 g/mol. The second kappa shape index (κ2) is 3.71. The molecule has 2 unspecified atom stereocenters. The highest BCUT2D eigenvalue weighted by Crippen LogP contribution is 2.33. The van der Waals surface area contributed by atoms with E-state index >= 15 is 0 Å². The average molecular weight is 195 g/mol. The van der Waals surface area contributed by atoms with Crippen molar-refractivity contribution in [2.45, 2.75) is 32.0 Å². The Hall–Kier alpha value is -0.870. The summed E-state index contributed by atoms with van der Waals surface area (Å²) >= 11 is 0. The van der Waals surface area contributed by atoms with Gasteiger partial charge < -0.3 is 10.5 Å². The second-order valence-corrected chi connectivity index (χ2v) is 3.90. The quantitative estimate of drug-likeness (QED) is 0.763. The van der Waals surface area contributed by atoms with E-state index in [1.54, 1.807) is 0 Å². The zero-order valence-corrected chi connectivity index (χ0v) is 8.73. The first-order chi connectivity index (χ1) is 6.72. The molecule has 1 aromatic rings. The molecule has 0 aromatic carbocycles. The average Bonchev–Trinajstić information content (AvgIpc) is 2.73. The van der Waals surface area contributed by atoms with Crippen molar-refractivity contribution in [1.29, 1.82) is 0 Å². The number of rotatable bonds is 2. The van der Waals surface area contributed by atoms with Gasteiger partial charge in [-0.3, -0.25) is 4.68 Å². The minimum atomic E-state index is 0.191. The fraction of sp³-hybridized carbons (Fsp3) is 0.700. The maximum atomic E-state index is 5.83. The highest BCUT2D eigenvalue weighted by molar-refractivity contribution is 5.19. The van der Waals surface area contributed by atoms with Crippen LogP contribution in [0.15, 0.2) is 6.20 Å². The minimum Gasteiger partial charge on any atom is -0.367 e. The van der Waals surface area contributed by atoms with Crippen LogP contribution in [-0.2, 0) is 11.8 Å². The zero-order chi connectivity index (χ0) is 10.1. The molecule has 0 bridgehead atoms. The number of hydrogen-bond acceptors (Lipinski definition) is 3. The van der Waals surface area contributed by atoms with E-state index in [0.29, 0.717) is 6.54 Å². The molecule has 1 saturated heterocycles. The molecule has 1 aromatic heterocycles. The molecule has 0 radical (unpaired) electrons. The van der Waals surface area contributed by atoms with E-state index < -0.39 is 0 Å². The van der Waals surface area contributed by atoms with Crippen LogP contribution in [0.3, 0.4) is 0 Å². The van der Waals surface area contributed by atoms with Crippen molar-refractivity contribution in [3.63, 3.8) is 0 Å². The lowest BCUT2D eigenvalue weighted by Crippen LogP contribution is -2.19. The summed E-state index contributed by atoms with van der Waals surface area (Å²) in [6.07, 6.45) is 4.42. The van der Waals surface area contributed by atoms with E-state index in [4.69, 9.17) is 10.5 Å². The SMILES string of the molecule is Cc1cnn(C)c1C1CCC(CN)O1. The first kappa shape index (κ1) is 9.68. The molecule has 2 rings (SSSR count). The maximum absolute atomic E-state index is 5.83. The molecule has 2 heterocycles. The van der Waals surface area contributed by atoms with Crippen LogP contribution >= 0.6 is 0 Å². The van der Waals surface area contributed by atoms with Crippen LogP contribution in [0.5, 0.6) is 0 Å². The van der Waals surface area contributed by atoms with Gasteiger partial charge in [-0.25, -0.2) is 0 Å². The molecule has 0 aliphatic carbocycles. The maximum Gasteiger partial charge on any atom is 0.0999 e. The fourth-order valence-electron chi connectivity index (χ4n) is 2.10. The Kier molecular flexibility index (Phi) is 2.56. The molecule has 1 aliphatic rings. The van der Waals surface area contributed by atoms with Crippen LogP contribution in [0.2, 0.25) is 0 Å². The number of aryl methyl sites for hydroxylation is 2. The molecule has 1 fully saturated rings. The van der Waals surface area contributed by atoms with Crippen molar-refractivity contribution in [1.82, 2.24) is 9.78 Å². The summed E-state index contributed by atoms with van der Waals surface area (Å²) in [4.78, 5) is 0. The van der Waals surface area contributed by atoms with E-state index in [1.807, 2.05) is 17.9 Å². The van der Waals surface area contributed by atoms with Gasteiger partial charge in [-0.1, -0.05) is 0 Å². The van der Waals surface area contributed by atoms with Crippen molar-refractivity contribution < 1.29 is 4.74 Å². The van der Waals surface area contributed by atoms with Gasteiger partial charge in [0.15, 0.2) is 0 Å². The predicted octanol–water partition coefficient (Wildman–Crippen LogP) is 0.907. The summed E-state index contributed by atoms with van der Waals surface area (Å²) in [6, 6.07) is 0. The van der Waals surface area contributed by atoms with Crippen LogP contribution in [0, 0.1) is 6.92 Å². The Morgan fingerprint density at radius 2 is 2.43 bits per heavy atom. The van der Waals surface area contributed by atoms with E-state index in [9.17, 15) is 0 Å². The van der Waals surface area contributed by atoms with Gasteiger partial charge in [0, 0.05) is 13.6 Å². The van der Waals surface area contributed by atoms with Crippen molar-refractivity contribution in [3.8, 4) is 0 Å². The summed E-state index contributed by atoms with van der Waals surface area (Å²) < 4.78 is 7.73. The van der Waals surface area contributed by atoms with Crippen molar-refractivity contribution >= 4 is 0 Å².